The largest absolute Gasteiger partial charge is 0.489 e. The van der Waals surface area contributed by atoms with Gasteiger partial charge in [0, 0.05) is 6.54 Å². The molecule has 1 aromatic heterocycles. The highest BCUT2D eigenvalue weighted by Crippen LogP contribution is 2.31. The zero-order chi connectivity index (χ0) is 18.2. The second kappa shape index (κ2) is 9.62. The summed E-state index contributed by atoms with van der Waals surface area (Å²) in [7, 11) is 0. The molecule has 0 saturated carbocycles. The quantitative estimate of drug-likeness (QED) is 0.632. The zero-order valence-electron chi connectivity index (χ0n) is 13.0. The standard InChI is InChI=1S/C16H16Cl2N2O4S/c17-11-3-1-4-12(15(11)18)24-9-10(21)7-19-14(22)8-20-16(23)13-5-2-6-25-13/h1-6,10,21H,7-9H2,(H,19,22)(H,20,23). The van der Waals surface area contributed by atoms with Crippen molar-refractivity contribution in [2.75, 3.05) is 19.7 Å². The van der Waals surface area contributed by atoms with Gasteiger partial charge in [-0.2, -0.15) is 0 Å². The number of ether oxygens (including phenoxy) is 1. The molecule has 3 N–H and O–H groups in total. The van der Waals surface area contributed by atoms with Gasteiger partial charge in [-0.1, -0.05) is 35.3 Å². The summed E-state index contributed by atoms with van der Waals surface area (Å²) in [6, 6.07) is 8.34. The Morgan fingerprint density at radius 1 is 1.20 bits per heavy atom. The highest BCUT2D eigenvalue weighted by Gasteiger charge is 2.12. The maximum Gasteiger partial charge on any atom is 0.261 e. The molecule has 0 aliphatic rings. The van der Waals surface area contributed by atoms with Gasteiger partial charge in [-0.05, 0) is 23.6 Å². The third-order valence-electron chi connectivity index (χ3n) is 3.04. The number of nitrogens with one attached hydrogen (secondary N) is 2. The molecule has 1 aromatic carbocycles. The van der Waals surface area contributed by atoms with Crippen molar-refractivity contribution in [2.24, 2.45) is 0 Å². The number of aliphatic hydroxyl groups excluding tert-OH is 1. The van der Waals surface area contributed by atoms with Crippen LogP contribution in [0.2, 0.25) is 10.0 Å². The summed E-state index contributed by atoms with van der Waals surface area (Å²) in [5, 5.41) is 17.2. The Morgan fingerprint density at radius 2 is 2.00 bits per heavy atom. The van der Waals surface area contributed by atoms with E-state index in [4.69, 9.17) is 27.9 Å². The minimum atomic E-state index is -0.938. The van der Waals surface area contributed by atoms with Gasteiger partial charge in [0.1, 0.15) is 23.5 Å². The molecule has 0 aliphatic carbocycles. The molecule has 9 heteroatoms. The number of benzene rings is 1. The van der Waals surface area contributed by atoms with Crippen LogP contribution in [-0.4, -0.2) is 42.7 Å². The second-order valence-corrected chi connectivity index (χ2v) is 6.71. The molecule has 0 fully saturated rings. The highest BCUT2D eigenvalue weighted by molar-refractivity contribution is 7.12. The number of aliphatic hydroxyl groups is 1. The number of hydrogen-bond acceptors (Lipinski definition) is 5. The van der Waals surface area contributed by atoms with Crippen LogP contribution in [0.3, 0.4) is 0 Å². The Hall–Kier alpha value is -1.80. The Kier molecular flexibility index (Phi) is 7.52. The highest BCUT2D eigenvalue weighted by atomic mass is 35.5. The molecule has 0 radical (unpaired) electrons. The third-order valence-corrected chi connectivity index (χ3v) is 4.71. The first-order chi connectivity index (χ1) is 12.0. The first-order valence-electron chi connectivity index (χ1n) is 7.30. The maximum atomic E-state index is 11.7. The van der Waals surface area contributed by atoms with E-state index in [0.29, 0.717) is 15.6 Å². The van der Waals surface area contributed by atoms with Crippen LogP contribution in [0.5, 0.6) is 5.75 Å². The van der Waals surface area contributed by atoms with Crippen molar-refractivity contribution in [3.8, 4) is 5.75 Å². The van der Waals surface area contributed by atoms with Gasteiger partial charge in [0.25, 0.3) is 5.91 Å². The van der Waals surface area contributed by atoms with Crippen LogP contribution in [0.15, 0.2) is 35.7 Å². The summed E-state index contributed by atoms with van der Waals surface area (Å²) in [4.78, 5) is 23.9. The molecule has 2 rings (SSSR count). The number of carbonyl (C=O) groups is 2. The molecule has 25 heavy (non-hydrogen) atoms. The predicted molar refractivity (Wildman–Crippen MR) is 97.6 cm³/mol. The van der Waals surface area contributed by atoms with Crippen LogP contribution in [0.1, 0.15) is 9.67 Å². The number of rotatable bonds is 8. The van der Waals surface area contributed by atoms with Gasteiger partial charge in [-0.25, -0.2) is 0 Å². The van der Waals surface area contributed by atoms with Crippen molar-refractivity contribution >= 4 is 46.4 Å². The monoisotopic (exact) mass is 402 g/mol. The van der Waals surface area contributed by atoms with Crippen molar-refractivity contribution in [2.45, 2.75) is 6.10 Å². The van der Waals surface area contributed by atoms with E-state index in [1.54, 1.807) is 35.7 Å². The van der Waals surface area contributed by atoms with Crippen molar-refractivity contribution < 1.29 is 19.4 Å². The summed E-state index contributed by atoms with van der Waals surface area (Å²) in [6.45, 7) is -0.266. The summed E-state index contributed by atoms with van der Waals surface area (Å²) >= 11 is 13.1. The number of carbonyl (C=O) groups excluding carboxylic acids is 2. The number of halogens is 2. The molecule has 6 nitrogen and oxygen atoms in total. The molecule has 1 atom stereocenters. The minimum Gasteiger partial charge on any atom is -0.489 e. The van der Waals surface area contributed by atoms with Crippen molar-refractivity contribution in [3.05, 3.63) is 50.6 Å². The lowest BCUT2D eigenvalue weighted by Crippen LogP contribution is -2.41. The number of thiophene rings is 1. The maximum absolute atomic E-state index is 11.7. The third kappa shape index (κ3) is 6.21. The Balaban J connectivity index is 1.67. The molecular weight excluding hydrogens is 387 g/mol. The van der Waals surface area contributed by atoms with Gasteiger partial charge in [0.15, 0.2) is 0 Å². The van der Waals surface area contributed by atoms with Crippen molar-refractivity contribution in [1.29, 1.82) is 0 Å². The molecule has 0 bridgehead atoms. The van der Waals surface area contributed by atoms with Crippen LogP contribution < -0.4 is 15.4 Å². The van der Waals surface area contributed by atoms with Crippen LogP contribution in [0.4, 0.5) is 0 Å². The lowest BCUT2D eigenvalue weighted by Gasteiger charge is -2.14. The normalized spacial score (nSPS) is 11.6. The molecule has 1 unspecified atom stereocenters. The van der Waals surface area contributed by atoms with E-state index in [1.165, 1.54) is 11.3 Å². The summed E-state index contributed by atoms with van der Waals surface area (Å²) in [5.74, 6) is -0.378. The van der Waals surface area contributed by atoms with Crippen LogP contribution in [0.25, 0.3) is 0 Å². The van der Waals surface area contributed by atoms with E-state index in [-0.39, 0.29) is 30.6 Å². The van der Waals surface area contributed by atoms with Gasteiger partial charge in [0.05, 0.1) is 16.4 Å². The first-order valence-corrected chi connectivity index (χ1v) is 8.94. The van der Waals surface area contributed by atoms with Crippen molar-refractivity contribution in [1.82, 2.24) is 10.6 Å². The Labute approximate surface area is 158 Å². The lowest BCUT2D eigenvalue weighted by molar-refractivity contribution is -0.120. The molecule has 2 amide bonds. The average Bonchev–Trinajstić information content (AvgIpc) is 3.13. The number of amides is 2. The number of hydrogen-bond donors (Lipinski definition) is 3. The Morgan fingerprint density at radius 3 is 2.72 bits per heavy atom. The SMILES string of the molecule is O=C(CNC(=O)c1cccs1)NCC(O)COc1cccc(Cl)c1Cl. The molecule has 0 aliphatic heterocycles. The van der Waals surface area contributed by atoms with Gasteiger partial charge >= 0.3 is 0 Å². The van der Waals surface area contributed by atoms with Gasteiger partial charge in [0.2, 0.25) is 5.91 Å². The van der Waals surface area contributed by atoms with E-state index in [2.05, 4.69) is 10.6 Å². The first kappa shape index (κ1) is 19.5. The molecule has 0 saturated heterocycles. The topological polar surface area (TPSA) is 87.7 Å². The van der Waals surface area contributed by atoms with E-state index in [1.807, 2.05) is 0 Å². The van der Waals surface area contributed by atoms with Crippen LogP contribution in [0, 0.1) is 0 Å². The average molecular weight is 403 g/mol. The summed E-state index contributed by atoms with van der Waals surface area (Å²) in [6.07, 6.45) is -0.938. The second-order valence-electron chi connectivity index (χ2n) is 4.98. The van der Waals surface area contributed by atoms with E-state index in [0.717, 1.165) is 0 Å². The molecule has 2 aromatic rings. The lowest BCUT2D eigenvalue weighted by atomic mass is 10.3. The fraction of sp³-hybridized carbons (Fsp3) is 0.250. The van der Waals surface area contributed by atoms with Crippen molar-refractivity contribution in [3.63, 3.8) is 0 Å². The van der Waals surface area contributed by atoms with E-state index >= 15 is 0 Å². The van der Waals surface area contributed by atoms with Crippen LogP contribution in [-0.2, 0) is 4.79 Å². The van der Waals surface area contributed by atoms with Gasteiger partial charge in [-0.3, -0.25) is 9.59 Å². The van der Waals surface area contributed by atoms with E-state index < -0.39 is 12.0 Å². The van der Waals surface area contributed by atoms with Crippen LogP contribution >= 0.6 is 34.5 Å². The molecule has 134 valence electrons. The minimum absolute atomic E-state index is 0.0219. The van der Waals surface area contributed by atoms with Gasteiger partial charge in [-0.15, -0.1) is 11.3 Å². The smallest absolute Gasteiger partial charge is 0.261 e. The zero-order valence-corrected chi connectivity index (χ0v) is 15.3. The summed E-state index contributed by atoms with van der Waals surface area (Å²) < 4.78 is 5.37. The fourth-order valence-electron chi connectivity index (χ4n) is 1.79. The fourth-order valence-corrected chi connectivity index (χ4v) is 2.78. The van der Waals surface area contributed by atoms with Gasteiger partial charge < -0.3 is 20.5 Å². The predicted octanol–water partition coefficient (Wildman–Crippen LogP) is 2.34. The molecule has 1 heterocycles. The molecular formula is C16H16Cl2N2O4S. The molecule has 0 spiro atoms. The summed E-state index contributed by atoms with van der Waals surface area (Å²) in [5.41, 5.74) is 0. The van der Waals surface area contributed by atoms with E-state index in [9.17, 15) is 14.7 Å². The Bertz CT molecular complexity index is 725.